The Morgan fingerprint density at radius 1 is 1.48 bits per heavy atom. The predicted octanol–water partition coefficient (Wildman–Crippen LogP) is 0.852. The molecule has 0 spiro atoms. The molecule has 21 heavy (non-hydrogen) atoms. The minimum Gasteiger partial charge on any atom is -0.352 e. The summed E-state index contributed by atoms with van der Waals surface area (Å²) in [7, 11) is 2.08. The molecule has 5 heteroatoms. The quantitative estimate of drug-likeness (QED) is 0.601. The molecule has 0 aliphatic carbocycles. The van der Waals surface area contributed by atoms with E-state index in [1.807, 2.05) is 0 Å². The van der Waals surface area contributed by atoms with Gasteiger partial charge in [-0.25, -0.2) is 0 Å². The topological polar surface area (TPSA) is 71.2 Å². The van der Waals surface area contributed by atoms with Gasteiger partial charge in [0.25, 0.3) is 5.91 Å². The third kappa shape index (κ3) is 6.39. The highest BCUT2D eigenvalue weighted by Crippen LogP contribution is 2.01. The van der Waals surface area contributed by atoms with Crippen LogP contribution in [0.3, 0.4) is 0 Å². The van der Waals surface area contributed by atoms with Gasteiger partial charge in [-0.2, -0.15) is 0 Å². The average Bonchev–Trinajstić information content (AvgIpc) is 2.49. The molecular weight excluding hydrogens is 264 g/mol. The fourth-order valence-electron chi connectivity index (χ4n) is 1.68. The molecule has 0 bridgehead atoms. The van der Waals surface area contributed by atoms with Gasteiger partial charge in [0.2, 0.25) is 0 Å². The maximum absolute atomic E-state index is 12.0. The van der Waals surface area contributed by atoms with Crippen molar-refractivity contribution in [1.82, 2.24) is 15.2 Å². The molecule has 1 aromatic heterocycles. The van der Waals surface area contributed by atoms with Crippen molar-refractivity contribution in [2.45, 2.75) is 26.3 Å². The standard InChI is InChI=1S/C16H24N4O/c1-13(2)20(3)9-5-8-19-16(21)15-10-14(6-4-7-17)11-18-12-15/h10-13H,5,7-9,17H2,1-3H3,(H,19,21). The van der Waals surface area contributed by atoms with Crippen LogP contribution in [0.25, 0.3) is 0 Å². The minimum absolute atomic E-state index is 0.119. The summed E-state index contributed by atoms with van der Waals surface area (Å²) in [5.74, 6) is 5.50. The van der Waals surface area contributed by atoms with Gasteiger partial charge in [0.15, 0.2) is 0 Å². The Morgan fingerprint density at radius 2 is 2.24 bits per heavy atom. The predicted molar refractivity (Wildman–Crippen MR) is 84.9 cm³/mol. The second-order valence-corrected chi connectivity index (χ2v) is 5.15. The maximum Gasteiger partial charge on any atom is 0.252 e. The lowest BCUT2D eigenvalue weighted by atomic mass is 10.2. The monoisotopic (exact) mass is 288 g/mol. The number of pyridine rings is 1. The van der Waals surface area contributed by atoms with Crippen LogP contribution in [-0.4, -0.2) is 48.5 Å². The van der Waals surface area contributed by atoms with Crippen molar-refractivity contribution in [3.8, 4) is 11.8 Å². The van der Waals surface area contributed by atoms with Crippen molar-refractivity contribution >= 4 is 5.91 Å². The Hall–Kier alpha value is -1.90. The molecule has 5 nitrogen and oxygen atoms in total. The first-order chi connectivity index (χ1) is 10.0. The Bertz CT molecular complexity index is 516. The second-order valence-electron chi connectivity index (χ2n) is 5.15. The Morgan fingerprint density at radius 3 is 2.90 bits per heavy atom. The number of aromatic nitrogens is 1. The molecule has 0 saturated heterocycles. The molecule has 0 fully saturated rings. The number of carbonyl (C=O) groups is 1. The Labute approximate surface area is 126 Å². The summed E-state index contributed by atoms with van der Waals surface area (Å²) >= 11 is 0. The lowest BCUT2D eigenvalue weighted by Gasteiger charge is -2.20. The van der Waals surface area contributed by atoms with Gasteiger partial charge in [0, 0.05) is 30.5 Å². The summed E-state index contributed by atoms with van der Waals surface area (Å²) in [5, 5.41) is 2.90. The number of hydrogen-bond acceptors (Lipinski definition) is 4. The van der Waals surface area contributed by atoms with Gasteiger partial charge in [0.05, 0.1) is 12.1 Å². The largest absolute Gasteiger partial charge is 0.352 e. The third-order valence-electron chi connectivity index (χ3n) is 3.19. The van der Waals surface area contributed by atoms with E-state index in [1.54, 1.807) is 18.5 Å². The molecule has 1 rings (SSSR count). The highest BCUT2D eigenvalue weighted by atomic mass is 16.1. The van der Waals surface area contributed by atoms with E-state index in [4.69, 9.17) is 5.73 Å². The van der Waals surface area contributed by atoms with Crippen LogP contribution in [0, 0.1) is 11.8 Å². The van der Waals surface area contributed by atoms with E-state index in [1.165, 1.54) is 0 Å². The minimum atomic E-state index is -0.119. The highest BCUT2D eigenvalue weighted by molar-refractivity contribution is 5.94. The van der Waals surface area contributed by atoms with Crippen LogP contribution in [0.1, 0.15) is 36.2 Å². The van der Waals surface area contributed by atoms with E-state index >= 15 is 0 Å². The van der Waals surface area contributed by atoms with Crippen LogP contribution in [0.15, 0.2) is 18.5 Å². The zero-order valence-electron chi connectivity index (χ0n) is 13.0. The first-order valence-electron chi connectivity index (χ1n) is 7.17. The van der Waals surface area contributed by atoms with Crippen molar-refractivity contribution in [3.05, 3.63) is 29.6 Å². The van der Waals surface area contributed by atoms with E-state index < -0.39 is 0 Å². The molecule has 114 valence electrons. The van der Waals surface area contributed by atoms with E-state index in [9.17, 15) is 4.79 Å². The van der Waals surface area contributed by atoms with E-state index in [-0.39, 0.29) is 5.91 Å². The van der Waals surface area contributed by atoms with Gasteiger partial charge < -0.3 is 16.0 Å². The number of rotatable bonds is 6. The van der Waals surface area contributed by atoms with Crippen molar-refractivity contribution < 1.29 is 4.79 Å². The van der Waals surface area contributed by atoms with Gasteiger partial charge in [-0.3, -0.25) is 9.78 Å². The van der Waals surface area contributed by atoms with E-state index in [0.717, 1.165) is 13.0 Å². The van der Waals surface area contributed by atoms with Crippen LogP contribution in [-0.2, 0) is 0 Å². The fraction of sp³-hybridized carbons (Fsp3) is 0.500. The number of nitrogens with two attached hydrogens (primary N) is 1. The maximum atomic E-state index is 12.0. The number of nitrogens with one attached hydrogen (secondary N) is 1. The smallest absolute Gasteiger partial charge is 0.252 e. The zero-order valence-corrected chi connectivity index (χ0v) is 13.0. The van der Waals surface area contributed by atoms with Crippen LogP contribution in [0.4, 0.5) is 0 Å². The number of amides is 1. The molecule has 0 aliphatic heterocycles. The summed E-state index contributed by atoms with van der Waals surface area (Å²) in [4.78, 5) is 18.3. The summed E-state index contributed by atoms with van der Waals surface area (Å²) in [5.41, 5.74) is 6.55. The van der Waals surface area contributed by atoms with Crippen LogP contribution >= 0.6 is 0 Å². The number of carbonyl (C=O) groups excluding carboxylic acids is 1. The molecular formula is C16H24N4O. The molecule has 0 aliphatic rings. The molecule has 1 heterocycles. The molecule has 0 aromatic carbocycles. The molecule has 0 saturated carbocycles. The summed E-state index contributed by atoms with van der Waals surface area (Å²) < 4.78 is 0. The average molecular weight is 288 g/mol. The Balaban J connectivity index is 2.45. The first-order valence-corrected chi connectivity index (χ1v) is 7.17. The molecule has 0 unspecified atom stereocenters. The summed E-state index contributed by atoms with van der Waals surface area (Å²) in [6.45, 7) is 6.20. The number of nitrogens with zero attached hydrogens (tertiary/aromatic N) is 2. The molecule has 1 aromatic rings. The van der Waals surface area contributed by atoms with Crippen LogP contribution in [0.5, 0.6) is 0 Å². The normalized spacial score (nSPS) is 10.4. The second kappa shape index (κ2) is 9.11. The van der Waals surface area contributed by atoms with Crippen molar-refractivity contribution in [2.24, 2.45) is 5.73 Å². The van der Waals surface area contributed by atoms with Gasteiger partial charge in [-0.05, 0) is 39.9 Å². The van der Waals surface area contributed by atoms with Crippen molar-refractivity contribution in [3.63, 3.8) is 0 Å². The Kier molecular flexibility index (Phi) is 7.44. The van der Waals surface area contributed by atoms with Gasteiger partial charge in [0.1, 0.15) is 0 Å². The van der Waals surface area contributed by atoms with Crippen molar-refractivity contribution in [2.75, 3.05) is 26.7 Å². The number of hydrogen-bond donors (Lipinski definition) is 2. The lowest BCUT2D eigenvalue weighted by molar-refractivity contribution is 0.0951. The summed E-state index contributed by atoms with van der Waals surface area (Å²) in [6, 6.07) is 2.24. The molecule has 0 radical (unpaired) electrons. The van der Waals surface area contributed by atoms with E-state index in [0.29, 0.717) is 30.3 Å². The van der Waals surface area contributed by atoms with Gasteiger partial charge in [-0.1, -0.05) is 11.8 Å². The van der Waals surface area contributed by atoms with Crippen molar-refractivity contribution in [1.29, 1.82) is 0 Å². The van der Waals surface area contributed by atoms with Crippen LogP contribution < -0.4 is 11.1 Å². The van der Waals surface area contributed by atoms with Crippen LogP contribution in [0.2, 0.25) is 0 Å². The lowest BCUT2D eigenvalue weighted by Crippen LogP contribution is -2.31. The molecule has 0 atom stereocenters. The zero-order chi connectivity index (χ0) is 15.7. The molecule has 3 N–H and O–H groups in total. The van der Waals surface area contributed by atoms with Gasteiger partial charge >= 0.3 is 0 Å². The first kappa shape index (κ1) is 17.2. The SMILES string of the molecule is CC(C)N(C)CCCNC(=O)c1cncc(C#CCN)c1. The fourth-order valence-corrected chi connectivity index (χ4v) is 1.68. The third-order valence-corrected chi connectivity index (χ3v) is 3.19. The summed E-state index contributed by atoms with van der Waals surface area (Å²) in [6.07, 6.45) is 4.08. The van der Waals surface area contributed by atoms with Gasteiger partial charge in [-0.15, -0.1) is 0 Å². The molecule has 1 amide bonds. The highest BCUT2D eigenvalue weighted by Gasteiger charge is 2.07. The van der Waals surface area contributed by atoms with E-state index in [2.05, 4.69) is 47.9 Å².